The van der Waals surface area contributed by atoms with Gasteiger partial charge in [0.15, 0.2) is 5.60 Å². The van der Waals surface area contributed by atoms with Gasteiger partial charge in [0.2, 0.25) is 0 Å². The van der Waals surface area contributed by atoms with Crippen molar-refractivity contribution in [3.05, 3.63) is 12.7 Å². The van der Waals surface area contributed by atoms with Crippen LogP contribution in [0.5, 0.6) is 0 Å². The SMILES string of the molecule is C=CCSCCNC(=O)NCC(C)(O)C(=O)O. The minimum Gasteiger partial charge on any atom is -0.479 e. The fourth-order valence-corrected chi connectivity index (χ4v) is 1.37. The van der Waals surface area contributed by atoms with Gasteiger partial charge in [-0.3, -0.25) is 0 Å². The number of carboxylic acid groups (broad SMARTS) is 1. The van der Waals surface area contributed by atoms with Crippen LogP contribution in [0.3, 0.4) is 0 Å². The fraction of sp³-hybridized carbons (Fsp3) is 0.600. The van der Waals surface area contributed by atoms with Gasteiger partial charge >= 0.3 is 12.0 Å². The zero-order valence-electron chi connectivity index (χ0n) is 9.73. The number of urea groups is 1. The third-order valence-corrected chi connectivity index (χ3v) is 2.79. The van der Waals surface area contributed by atoms with Crippen molar-refractivity contribution >= 4 is 23.8 Å². The largest absolute Gasteiger partial charge is 0.479 e. The summed E-state index contributed by atoms with van der Waals surface area (Å²) >= 11 is 1.62. The molecule has 0 saturated carbocycles. The van der Waals surface area contributed by atoms with E-state index in [1.54, 1.807) is 17.8 Å². The van der Waals surface area contributed by atoms with Gasteiger partial charge in [0.25, 0.3) is 0 Å². The summed E-state index contributed by atoms with van der Waals surface area (Å²) in [7, 11) is 0. The quantitative estimate of drug-likeness (QED) is 0.366. The molecule has 98 valence electrons. The van der Waals surface area contributed by atoms with E-state index in [1.807, 2.05) is 0 Å². The molecule has 0 aliphatic rings. The zero-order valence-corrected chi connectivity index (χ0v) is 10.5. The monoisotopic (exact) mass is 262 g/mol. The summed E-state index contributed by atoms with van der Waals surface area (Å²) in [6.07, 6.45) is 1.77. The van der Waals surface area contributed by atoms with E-state index in [1.165, 1.54) is 0 Å². The van der Waals surface area contributed by atoms with Crippen LogP contribution in [0.1, 0.15) is 6.92 Å². The topological polar surface area (TPSA) is 98.7 Å². The van der Waals surface area contributed by atoms with Gasteiger partial charge in [0, 0.05) is 18.1 Å². The molecule has 0 bridgehead atoms. The van der Waals surface area contributed by atoms with Crippen LogP contribution in [0.2, 0.25) is 0 Å². The first-order valence-corrected chi connectivity index (χ1v) is 6.21. The molecule has 7 heteroatoms. The van der Waals surface area contributed by atoms with Crippen molar-refractivity contribution in [2.45, 2.75) is 12.5 Å². The molecule has 6 nitrogen and oxygen atoms in total. The van der Waals surface area contributed by atoms with Crippen LogP contribution in [0, 0.1) is 0 Å². The second-order valence-corrected chi connectivity index (χ2v) is 4.70. The Morgan fingerprint density at radius 1 is 1.47 bits per heavy atom. The normalized spacial score (nSPS) is 13.5. The van der Waals surface area contributed by atoms with Gasteiger partial charge in [0.1, 0.15) is 0 Å². The summed E-state index contributed by atoms with van der Waals surface area (Å²) in [4.78, 5) is 21.7. The second kappa shape index (κ2) is 7.97. The van der Waals surface area contributed by atoms with Crippen molar-refractivity contribution in [2.24, 2.45) is 0 Å². The first kappa shape index (κ1) is 15.8. The van der Waals surface area contributed by atoms with E-state index in [9.17, 15) is 14.7 Å². The highest BCUT2D eigenvalue weighted by atomic mass is 32.2. The van der Waals surface area contributed by atoms with Crippen molar-refractivity contribution in [3.63, 3.8) is 0 Å². The molecule has 0 radical (unpaired) electrons. The van der Waals surface area contributed by atoms with Crippen LogP contribution >= 0.6 is 11.8 Å². The van der Waals surface area contributed by atoms with Crippen molar-refractivity contribution in [2.75, 3.05) is 24.6 Å². The number of carbonyl (C=O) groups is 2. The van der Waals surface area contributed by atoms with Gasteiger partial charge in [0.05, 0.1) is 6.54 Å². The van der Waals surface area contributed by atoms with E-state index in [2.05, 4.69) is 17.2 Å². The third kappa shape index (κ3) is 7.64. The van der Waals surface area contributed by atoms with Crippen molar-refractivity contribution < 1.29 is 19.8 Å². The maximum atomic E-state index is 11.2. The molecule has 0 aromatic heterocycles. The van der Waals surface area contributed by atoms with E-state index in [-0.39, 0.29) is 6.54 Å². The molecule has 0 aromatic rings. The van der Waals surface area contributed by atoms with E-state index in [0.29, 0.717) is 6.54 Å². The maximum Gasteiger partial charge on any atom is 0.337 e. The Labute approximate surface area is 104 Å². The molecule has 0 spiro atoms. The van der Waals surface area contributed by atoms with Gasteiger partial charge in [-0.25, -0.2) is 9.59 Å². The second-order valence-electron chi connectivity index (χ2n) is 3.55. The van der Waals surface area contributed by atoms with Gasteiger partial charge in [-0.05, 0) is 6.92 Å². The lowest BCUT2D eigenvalue weighted by molar-refractivity contribution is -0.155. The predicted octanol–water partition coefficient (Wildman–Crippen LogP) is 0.0404. The average molecular weight is 262 g/mol. The van der Waals surface area contributed by atoms with E-state index in [0.717, 1.165) is 18.4 Å². The van der Waals surface area contributed by atoms with Gasteiger partial charge in [-0.1, -0.05) is 6.08 Å². The number of carboxylic acids is 1. The average Bonchev–Trinajstić information content (AvgIpc) is 2.26. The molecule has 0 aliphatic heterocycles. The summed E-state index contributed by atoms with van der Waals surface area (Å²) in [6.45, 7) is 4.82. The number of carbonyl (C=O) groups excluding carboxylic acids is 1. The van der Waals surface area contributed by atoms with Crippen molar-refractivity contribution in [1.29, 1.82) is 0 Å². The minimum absolute atomic E-state index is 0.339. The lowest BCUT2D eigenvalue weighted by atomic mass is 10.1. The van der Waals surface area contributed by atoms with Crippen LogP contribution in [-0.4, -0.2) is 52.4 Å². The molecule has 1 unspecified atom stereocenters. The molecule has 1 atom stereocenters. The summed E-state index contributed by atoms with van der Waals surface area (Å²) in [6, 6.07) is -0.495. The highest BCUT2D eigenvalue weighted by Gasteiger charge is 2.30. The van der Waals surface area contributed by atoms with Crippen LogP contribution in [0.15, 0.2) is 12.7 Å². The fourth-order valence-electron chi connectivity index (χ4n) is 0.794. The molecule has 2 amide bonds. The summed E-state index contributed by atoms with van der Waals surface area (Å²) < 4.78 is 0. The van der Waals surface area contributed by atoms with Crippen molar-refractivity contribution in [1.82, 2.24) is 10.6 Å². The Hall–Kier alpha value is -1.21. The van der Waals surface area contributed by atoms with Gasteiger partial charge < -0.3 is 20.8 Å². The number of aliphatic carboxylic acids is 1. The van der Waals surface area contributed by atoms with Gasteiger partial charge in [-0.2, -0.15) is 11.8 Å². The number of rotatable bonds is 8. The predicted molar refractivity (Wildman–Crippen MR) is 67.2 cm³/mol. The summed E-state index contributed by atoms with van der Waals surface area (Å²) in [5, 5.41) is 22.7. The highest BCUT2D eigenvalue weighted by Crippen LogP contribution is 2.00. The Morgan fingerprint density at radius 2 is 2.12 bits per heavy atom. The zero-order chi connectivity index (χ0) is 13.3. The number of aliphatic hydroxyl groups is 1. The first-order valence-electron chi connectivity index (χ1n) is 5.06. The maximum absolute atomic E-state index is 11.2. The molecule has 0 rings (SSSR count). The Morgan fingerprint density at radius 3 is 2.65 bits per heavy atom. The van der Waals surface area contributed by atoms with Gasteiger partial charge in [-0.15, -0.1) is 6.58 Å². The van der Waals surface area contributed by atoms with Crippen molar-refractivity contribution in [3.8, 4) is 0 Å². The minimum atomic E-state index is -1.95. The smallest absolute Gasteiger partial charge is 0.337 e. The molecule has 0 aliphatic carbocycles. The van der Waals surface area contributed by atoms with Crippen LogP contribution in [-0.2, 0) is 4.79 Å². The summed E-state index contributed by atoms with van der Waals surface area (Å²) in [5.41, 5.74) is -1.95. The van der Waals surface area contributed by atoms with E-state index < -0.39 is 17.6 Å². The lowest BCUT2D eigenvalue weighted by Gasteiger charge is -2.18. The van der Waals surface area contributed by atoms with Crippen LogP contribution in [0.25, 0.3) is 0 Å². The standard InChI is InChI=1S/C10H18N2O4S/c1-3-5-17-6-4-11-9(15)12-7-10(2,16)8(13)14/h3,16H,1,4-7H2,2H3,(H,13,14)(H2,11,12,15). The molecule has 17 heavy (non-hydrogen) atoms. The van der Waals surface area contributed by atoms with Crippen LogP contribution in [0.4, 0.5) is 4.79 Å². The lowest BCUT2D eigenvalue weighted by Crippen LogP contribution is -2.49. The number of hydrogen-bond donors (Lipinski definition) is 4. The summed E-state index contributed by atoms with van der Waals surface area (Å²) in [5.74, 6) is 0.186. The highest BCUT2D eigenvalue weighted by molar-refractivity contribution is 7.99. The number of nitrogens with one attached hydrogen (secondary N) is 2. The molecule has 0 fully saturated rings. The molecule has 0 heterocycles. The third-order valence-electron chi connectivity index (χ3n) is 1.82. The number of thioether (sulfide) groups is 1. The molecule has 4 N–H and O–H groups in total. The first-order chi connectivity index (χ1) is 7.90. The van der Waals surface area contributed by atoms with E-state index in [4.69, 9.17) is 5.11 Å². The molecule has 0 aromatic carbocycles. The molecular formula is C10H18N2O4S. The van der Waals surface area contributed by atoms with E-state index >= 15 is 0 Å². The number of hydrogen-bond acceptors (Lipinski definition) is 4. The Balaban J connectivity index is 3.66. The molecular weight excluding hydrogens is 244 g/mol. The Bertz CT molecular complexity index is 281. The number of amides is 2. The Kier molecular flexibility index (Phi) is 7.40. The molecule has 0 saturated heterocycles. The van der Waals surface area contributed by atoms with Crippen LogP contribution < -0.4 is 10.6 Å².